The summed E-state index contributed by atoms with van der Waals surface area (Å²) in [6.45, 7) is 7.00. The average Bonchev–Trinajstić information content (AvgIpc) is 1.79. The normalized spacial score (nSPS) is 25.7. The van der Waals surface area contributed by atoms with Crippen LogP contribution in [0.3, 0.4) is 0 Å². The monoisotopic (exact) mass is 163 g/mol. The number of thiol groups is 1. The number of nitrogens with zero attached hydrogens (tertiary/aromatic N) is 1. The number of rotatable bonds is 2. The molecule has 0 amide bonds. The minimum absolute atomic E-state index is 0.601. The van der Waals surface area contributed by atoms with E-state index in [0.29, 0.717) is 5.37 Å². The van der Waals surface area contributed by atoms with E-state index in [1.54, 1.807) is 10.8 Å². The molecule has 1 aliphatic heterocycles. The first-order valence-corrected chi connectivity index (χ1v) is 5.21. The van der Waals surface area contributed by atoms with Gasteiger partial charge >= 0.3 is 0 Å². The van der Waals surface area contributed by atoms with E-state index in [-0.39, 0.29) is 0 Å². The quantitative estimate of drug-likeness (QED) is 0.489. The lowest BCUT2D eigenvalue weighted by atomic mass is 10.0. The van der Waals surface area contributed by atoms with Crippen LogP contribution >= 0.6 is 22.5 Å². The molecule has 1 heterocycles. The first-order valence-electron chi connectivity index (χ1n) is 3.28. The average molecular weight is 163 g/mol. The summed E-state index contributed by atoms with van der Waals surface area (Å²) in [4.78, 5) is 2.43. The minimum Gasteiger partial charge on any atom is -0.290 e. The molecule has 0 spiro atoms. The van der Waals surface area contributed by atoms with Crippen molar-refractivity contribution in [2.75, 3.05) is 13.1 Å². The smallest absolute Gasteiger partial charge is 0.0630 e. The summed E-state index contributed by atoms with van der Waals surface area (Å²) in [5, 5.41) is 0.601. The number of hydrogen-bond acceptors (Lipinski definition) is 3. The Labute approximate surface area is 66.0 Å². The lowest BCUT2D eigenvalue weighted by molar-refractivity contribution is 0.107. The maximum Gasteiger partial charge on any atom is 0.0630 e. The molecular weight excluding hydrogens is 150 g/mol. The van der Waals surface area contributed by atoms with Gasteiger partial charge in [0.05, 0.1) is 5.37 Å². The van der Waals surface area contributed by atoms with Gasteiger partial charge in [-0.3, -0.25) is 4.90 Å². The third kappa shape index (κ3) is 1.79. The van der Waals surface area contributed by atoms with Crippen molar-refractivity contribution in [1.29, 1.82) is 0 Å². The van der Waals surface area contributed by atoms with Crippen molar-refractivity contribution < 1.29 is 0 Å². The van der Waals surface area contributed by atoms with Crippen LogP contribution in [0.15, 0.2) is 0 Å². The molecule has 0 aromatic heterocycles. The van der Waals surface area contributed by atoms with E-state index in [2.05, 4.69) is 30.4 Å². The van der Waals surface area contributed by atoms with Crippen molar-refractivity contribution in [2.45, 2.75) is 19.2 Å². The zero-order valence-corrected chi connectivity index (χ0v) is 7.58. The van der Waals surface area contributed by atoms with Crippen LogP contribution in [0.4, 0.5) is 0 Å². The van der Waals surface area contributed by atoms with Crippen molar-refractivity contribution >= 4 is 22.5 Å². The highest BCUT2D eigenvalue weighted by Crippen LogP contribution is 2.25. The molecule has 1 unspecified atom stereocenters. The highest BCUT2D eigenvalue weighted by atomic mass is 33.1. The zero-order valence-electron chi connectivity index (χ0n) is 5.87. The van der Waals surface area contributed by atoms with Gasteiger partial charge in [0.2, 0.25) is 0 Å². The second-order valence-corrected chi connectivity index (χ2v) is 4.29. The van der Waals surface area contributed by atoms with Gasteiger partial charge in [0.25, 0.3) is 0 Å². The fourth-order valence-corrected chi connectivity index (χ4v) is 1.82. The van der Waals surface area contributed by atoms with Gasteiger partial charge in [-0.1, -0.05) is 17.7 Å². The summed E-state index contributed by atoms with van der Waals surface area (Å²) < 4.78 is 0. The van der Waals surface area contributed by atoms with E-state index < -0.39 is 0 Å². The van der Waals surface area contributed by atoms with E-state index in [1.807, 2.05) is 0 Å². The molecule has 0 aliphatic carbocycles. The van der Waals surface area contributed by atoms with Gasteiger partial charge < -0.3 is 0 Å². The van der Waals surface area contributed by atoms with Gasteiger partial charge in [0.1, 0.15) is 0 Å². The van der Waals surface area contributed by atoms with E-state index in [1.165, 1.54) is 13.1 Å². The van der Waals surface area contributed by atoms with Gasteiger partial charge in [-0.25, -0.2) is 0 Å². The van der Waals surface area contributed by atoms with Crippen LogP contribution in [0, 0.1) is 5.92 Å². The summed E-state index contributed by atoms with van der Waals surface area (Å²) in [5.41, 5.74) is 0. The SMILES string of the molecule is CC1CN(C(C)SS)C1. The summed E-state index contributed by atoms with van der Waals surface area (Å²) in [7, 11) is 1.63. The van der Waals surface area contributed by atoms with Gasteiger partial charge in [-0.05, 0) is 12.8 Å². The molecular formula is C6H13NS2. The van der Waals surface area contributed by atoms with Crippen LogP contribution in [0.5, 0.6) is 0 Å². The minimum atomic E-state index is 0.601. The second kappa shape index (κ2) is 3.17. The lowest BCUT2D eigenvalue weighted by Gasteiger charge is -2.40. The molecule has 1 fully saturated rings. The molecule has 3 heteroatoms. The standard InChI is InChI=1S/C6H13NS2/c1-5-3-7(4-5)6(2)9-8/h5-6,8H,3-4H2,1-2H3. The first-order chi connectivity index (χ1) is 4.24. The zero-order chi connectivity index (χ0) is 6.85. The summed E-state index contributed by atoms with van der Waals surface area (Å²) in [5.74, 6) is 0.910. The maximum absolute atomic E-state index is 4.15. The summed E-state index contributed by atoms with van der Waals surface area (Å²) in [6, 6.07) is 0. The Morgan fingerprint density at radius 1 is 1.67 bits per heavy atom. The number of hydrogen-bond donors (Lipinski definition) is 1. The fourth-order valence-electron chi connectivity index (χ4n) is 1.11. The molecule has 0 radical (unpaired) electrons. The molecule has 9 heavy (non-hydrogen) atoms. The van der Waals surface area contributed by atoms with Crippen LogP contribution in [-0.4, -0.2) is 23.4 Å². The van der Waals surface area contributed by atoms with Gasteiger partial charge in [-0.15, -0.1) is 11.7 Å². The summed E-state index contributed by atoms with van der Waals surface area (Å²) in [6.07, 6.45) is 0. The molecule has 0 saturated carbocycles. The highest BCUT2D eigenvalue weighted by molar-refractivity contribution is 8.68. The molecule has 1 rings (SSSR count). The van der Waals surface area contributed by atoms with Gasteiger partial charge in [-0.2, -0.15) is 0 Å². The topological polar surface area (TPSA) is 3.24 Å². The highest BCUT2D eigenvalue weighted by Gasteiger charge is 2.26. The Morgan fingerprint density at radius 3 is 2.56 bits per heavy atom. The van der Waals surface area contributed by atoms with Crippen molar-refractivity contribution in [2.24, 2.45) is 5.92 Å². The Balaban J connectivity index is 2.15. The van der Waals surface area contributed by atoms with E-state index in [9.17, 15) is 0 Å². The predicted molar refractivity (Wildman–Crippen MR) is 46.8 cm³/mol. The molecule has 54 valence electrons. The molecule has 0 aromatic carbocycles. The van der Waals surface area contributed by atoms with Crippen molar-refractivity contribution in [3.05, 3.63) is 0 Å². The van der Waals surface area contributed by atoms with Crippen molar-refractivity contribution in [1.82, 2.24) is 4.90 Å². The Kier molecular flexibility index (Phi) is 2.73. The predicted octanol–water partition coefficient (Wildman–Crippen LogP) is 1.86. The Bertz CT molecular complexity index is 91.1. The molecule has 1 atom stereocenters. The van der Waals surface area contributed by atoms with Crippen LogP contribution in [-0.2, 0) is 0 Å². The maximum atomic E-state index is 4.15. The molecule has 1 saturated heterocycles. The van der Waals surface area contributed by atoms with Crippen LogP contribution in [0.1, 0.15) is 13.8 Å². The second-order valence-electron chi connectivity index (χ2n) is 2.76. The van der Waals surface area contributed by atoms with Crippen LogP contribution in [0.25, 0.3) is 0 Å². The molecule has 1 nitrogen and oxygen atoms in total. The first kappa shape index (κ1) is 7.76. The third-order valence-electron chi connectivity index (χ3n) is 1.76. The molecule has 0 aromatic rings. The van der Waals surface area contributed by atoms with Crippen LogP contribution < -0.4 is 0 Å². The Morgan fingerprint density at radius 2 is 2.22 bits per heavy atom. The molecule has 0 N–H and O–H groups in total. The Hall–Kier alpha value is 0.660. The van der Waals surface area contributed by atoms with E-state index in [0.717, 1.165) is 5.92 Å². The van der Waals surface area contributed by atoms with E-state index in [4.69, 9.17) is 0 Å². The largest absolute Gasteiger partial charge is 0.290 e. The van der Waals surface area contributed by atoms with Crippen molar-refractivity contribution in [3.63, 3.8) is 0 Å². The molecule has 0 bridgehead atoms. The lowest BCUT2D eigenvalue weighted by Crippen LogP contribution is -2.48. The number of likely N-dealkylation sites (tertiary alicyclic amines) is 1. The fraction of sp³-hybridized carbons (Fsp3) is 1.00. The van der Waals surface area contributed by atoms with Crippen molar-refractivity contribution in [3.8, 4) is 0 Å². The van der Waals surface area contributed by atoms with Gasteiger partial charge in [0.15, 0.2) is 0 Å². The molecule has 1 aliphatic rings. The third-order valence-corrected chi connectivity index (χ3v) is 3.28. The summed E-state index contributed by atoms with van der Waals surface area (Å²) >= 11 is 4.15. The van der Waals surface area contributed by atoms with Crippen LogP contribution in [0.2, 0.25) is 0 Å². The van der Waals surface area contributed by atoms with E-state index >= 15 is 0 Å². The van der Waals surface area contributed by atoms with Gasteiger partial charge in [0, 0.05) is 13.1 Å².